The Kier molecular flexibility index (Phi) is 6.65. The van der Waals surface area contributed by atoms with Crippen molar-refractivity contribution in [1.82, 2.24) is 10.6 Å². The number of aliphatic hydroxyl groups excluding tert-OH is 2. The fourth-order valence-corrected chi connectivity index (χ4v) is 4.86. The van der Waals surface area contributed by atoms with Crippen LogP contribution in [0.15, 0.2) is 24.3 Å². The monoisotopic (exact) mass is 455 g/mol. The van der Waals surface area contributed by atoms with E-state index in [1.54, 1.807) is 45.5 Å². The second kappa shape index (κ2) is 9.01. The first-order chi connectivity index (χ1) is 15.3. The van der Waals surface area contributed by atoms with Crippen molar-refractivity contribution in [3.05, 3.63) is 24.3 Å². The van der Waals surface area contributed by atoms with Crippen molar-refractivity contribution in [1.29, 1.82) is 0 Å². The molecule has 0 radical (unpaired) electrons. The van der Waals surface area contributed by atoms with Crippen LogP contribution in [-0.2, 0) is 14.2 Å². The second-order valence-corrected chi connectivity index (χ2v) is 8.56. The number of nitrogens with one attached hydrogen (secondary N) is 3. The molecule has 180 valence electrons. The third kappa shape index (κ3) is 3.77. The summed E-state index contributed by atoms with van der Waals surface area (Å²) in [6, 6.07) is 5.78. The first-order valence-electron chi connectivity index (χ1n) is 10.8. The summed E-state index contributed by atoms with van der Waals surface area (Å²) in [5.41, 5.74) is -1.05. The summed E-state index contributed by atoms with van der Waals surface area (Å²) in [5, 5.41) is 53.5. The highest BCUT2D eigenvalue weighted by Crippen LogP contribution is 2.45. The van der Waals surface area contributed by atoms with Crippen LogP contribution in [0.3, 0.4) is 0 Å². The van der Waals surface area contributed by atoms with Crippen molar-refractivity contribution in [3.8, 4) is 5.75 Å². The molecular formula is C21H33N3O8. The second-order valence-electron chi connectivity index (χ2n) is 8.56. The molecule has 7 N–H and O–H groups in total. The van der Waals surface area contributed by atoms with E-state index in [2.05, 4.69) is 16.0 Å². The van der Waals surface area contributed by atoms with E-state index in [1.807, 2.05) is 0 Å². The Hall–Kier alpha value is -1.54. The van der Waals surface area contributed by atoms with Crippen LogP contribution < -0.4 is 20.7 Å². The zero-order valence-electron chi connectivity index (χ0n) is 18.4. The number of methoxy groups -OCH3 is 1. The van der Waals surface area contributed by atoms with Crippen LogP contribution in [-0.4, -0.2) is 109 Å². The SMILES string of the molecule is CNC1C(O)C(NC)C2OC3(O)C(OCCC3(O)CNc3ccc(OC)cc3)OC2C1O. The zero-order valence-corrected chi connectivity index (χ0v) is 18.4. The minimum Gasteiger partial charge on any atom is -0.497 e. The fraction of sp³-hybridized carbons (Fsp3) is 0.714. The Bertz CT molecular complexity index is 785. The minimum atomic E-state index is -2.23. The maximum Gasteiger partial charge on any atom is 0.250 e. The Morgan fingerprint density at radius 1 is 1.03 bits per heavy atom. The van der Waals surface area contributed by atoms with E-state index in [1.165, 1.54) is 0 Å². The Balaban J connectivity index is 1.57. The Labute approximate surface area is 186 Å². The Morgan fingerprint density at radius 2 is 1.72 bits per heavy atom. The number of anilines is 1. The lowest BCUT2D eigenvalue weighted by molar-refractivity contribution is -0.474. The van der Waals surface area contributed by atoms with Crippen LogP contribution in [0.25, 0.3) is 0 Å². The van der Waals surface area contributed by atoms with Gasteiger partial charge >= 0.3 is 0 Å². The molecule has 2 heterocycles. The van der Waals surface area contributed by atoms with Crippen LogP contribution in [0.2, 0.25) is 0 Å². The van der Waals surface area contributed by atoms with E-state index in [-0.39, 0.29) is 19.6 Å². The number of benzene rings is 1. The van der Waals surface area contributed by atoms with Gasteiger partial charge in [-0.3, -0.25) is 0 Å². The molecule has 11 nitrogen and oxygen atoms in total. The summed E-state index contributed by atoms with van der Waals surface area (Å²) < 4.78 is 22.8. The van der Waals surface area contributed by atoms with Crippen LogP contribution in [0.1, 0.15) is 6.42 Å². The van der Waals surface area contributed by atoms with Crippen molar-refractivity contribution in [3.63, 3.8) is 0 Å². The highest BCUT2D eigenvalue weighted by Gasteiger charge is 2.67. The molecule has 0 bridgehead atoms. The predicted molar refractivity (Wildman–Crippen MR) is 113 cm³/mol. The van der Waals surface area contributed by atoms with Crippen molar-refractivity contribution >= 4 is 5.69 Å². The smallest absolute Gasteiger partial charge is 0.250 e. The molecular weight excluding hydrogens is 422 g/mol. The number of rotatable bonds is 6. The molecule has 32 heavy (non-hydrogen) atoms. The van der Waals surface area contributed by atoms with Gasteiger partial charge in [0.05, 0.1) is 31.9 Å². The van der Waals surface area contributed by atoms with Gasteiger partial charge < -0.3 is 55.3 Å². The first-order valence-corrected chi connectivity index (χ1v) is 10.8. The van der Waals surface area contributed by atoms with E-state index < -0.39 is 54.2 Å². The molecule has 2 saturated heterocycles. The zero-order chi connectivity index (χ0) is 23.1. The topological polar surface area (TPSA) is 154 Å². The summed E-state index contributed by atoms with van der Waals surface area (Å²) >= 11 is 0. The number of ether oxygens (including phenoxy) is 4. The molecule has 11 heteroatoms. The molecule has 0 amide bonds. The van der Waals surface area contributed by atoms with E-state index in [4.69, 9.17) is 18.9 Å². The standard InChI is InChI=1S/C21H33N3O8/c1-22-13-15(25)14(23-2)17-18(16(13)26)31-19-21(28,32-17)20(27,8-9-30-19)10-24-11-4-6-12(29-3)7-5-11/h4-7,13-19,22-28H,8-10H2,1-3H3. The van der Waals surface area contributed by atoms with Crippen LogP contribution in [0.5, 0.6) is 5.75 Å². The van der Waals surface area contributed by atoms with Gasteiger partial charge in [0.15, 0.2) is 0 Å². The average molecular weight is 456 g/mol. The molecule has 1 aromatic rings. The summed E-state index contributed by atoms with van der Waals surface area (Å²) in [6.45, 7) is 0.0725. The van der Waals surface area contributed by atoms with Gasteiger partial charge in [-0.1, -0.05) is 0 Å². The molecule has 1 aromatic carbocycles. The molecule has 9 atom stereocenters. The Morgan fingerprint density at radius 3 is 2.34 bits per heavy atom. The van der Waals surface area contributed by atoms with Gasteiger partial charge in [-0.15, -0.1) is 0 Å². The van der Waals surface area contributed by atoms with Crippen molar-refractivity contribution in [2.24, 2.45) is 0 Å². The van der Waals surface area contributed by atoms with E-state index in [9.17, 15) is 20.4 Å². The van der Waals surface area contributed by atoms with E-state index in [0.717, 1.165) is 0 Å². The lowest BCUT2D eigenvalue weighted by Crippen LogP contribution is -2.80. The third-order valence-electron chi connectivity index (χ3n) is 6.83. The number of likely N-dealkylation sites (N-methyl/N-ethyl adjacent to an activating group) is 2. The number of aliphatic hydroxyl groups is 4. The molecule has 3 fully saturated rings. The normalized spacial score (nSPS) is 43.8. The molecule has 1 aliphatic carbocycles. The van der Waals surface area contributed by atoms with Gasteiger partial charge in [0, 0.05) is 18.7 Å². The number of hydrogen-bond donors (Lipinski definition) is 7. The molecule has 0 spiro atoms. The largest absolute Gasteiger partial charge is 0.497 e. The summed E-state index contributed by atoms with van der Waals surface area (Å²) in [5.74, 6) is -1.53. The quantitative estimate of drug-likeness (QED) is 0.254. The maximum atomic E-state index is 11.5. The number of fused-ring (bicyclic) bond motifs is 2. The maximum absolute atomic E-state index is 11.5. The predicted octanol–water partition coefficient (Wildman–Crippen LogP) is -2.03. The van der Waals surface area contributed by atoms with Gasteiger partial charge in [-0.25, -0.2) is 0 Å². The molecule has 0 aromatic heterocycles. The van der Waals surface area contributed by atoms with Gasteiger partial charge in [-0.2, -0.15) is 0 Å². The molecule has 2 aliphatic heterocycles. The van der Waals surface area contributed by atoms with Crippen molar-refractivity contribution in [2.45, 2.75) is 60.6 Å². The highest BCUT2D eigenvalue weighted by molar-refractivity contribution is 5.46. The summed E-state index contributed by atoms with van der Waals surface area (Å²) in [6.07, 6.45) is -5.22. The van der Waals surface area contributed by atoms with Gasteiger partial charge in [-0.05, 0) is 38.4 Å². The minimum absolute atomic E-state index is 0.0507. The van der Waals surface area contributed by atoms with E-state index >= 15 is 0 Å². The lowest BCUT2D eigenvalue weighted by atomic mass is 9.78. The van der Waals surface area contributed by atoms with Gasteiger partial charge in [0.25, 0.3) is 0 Å². The van der Waals surface area contributed by atoms with Crippen molar-refractivity contribution in [2.75, 3.05) is 39.7 Å². The van der Waals surface area contributed by atoms with Crippen LogP contribution in [0, 0.1) is 0 Å². The molecule has 4 rings (SSSR count). The molecule has 3 aliphatic rings. The first kappa shape index (κ1) is 23.6. The van der Waals surface area contributed by atoms with E-state index in [0.29, 0.717) is 11.4 Å². The summed E-state index contributed by atoms with van der Waals surface area (Å²) in [4.78, 5) is 0. The molecule has 9 unspecified atom stereocenters. The highest BCUT2D eigenvalue weighted by atomic mass is 16.8. The number of hydrogen-bond acceptors (Lipinski definition) is 11. The fourth-order valence-electron chi connectivity index (χ4n) is 4.86. The lowest BCUT2D eigenvalue weighted by Gasteiger charge is -2.59. The molecule has 1 saturated carbocycles. The van der Waals surface area contributed by atoms with Crippen LogP contribution in [0.4, 0.5) is 5.69 Å². The van der Waals surface area contributed by atoms with Crippen LogP contribution >= 0.6 is 0 Å². The summed E-state index contributed by atoms with van der Waals surface area (Å²) in [7, 11) is 4.85. The van der Waals surface area contributed by atoms with Crippen molar-refractivity contribution < 1.29 is 39.4 Å². The van der Waals surface area contributed by atoms with Gasteiger partial charge in [0.2, 0.25) is 12.1 Å². The average Bonchev–Trinajstić information content (AvgIpc) is 2.79. The third-order valence-corrected chi connectivity index (χ3v) is 6.83. The van der Waals surface area contributed by atoms with Gasteiger partial charge in [0.1, 0.15) is 29.7 Å².